The van der Waals surface area contributed by atoms with Crippen LogP contribution in [0.15, 0.2) is 0 Å². The van der Waals surface area contributed by atoms with E-state index in [0.717, 1.165) is 5.54 Å². The summed E-state index contributed by atoms with van der Waals surface area (Å²) in [5.41, 5.74) is 0.958. The second-order valence-corrected chi connectivity index (χ2v) is 12.2. The van der Waals surface area contributed by atoms with Crippen molar-refractivity contribution in [2.45, 2.75) is 77.4 Å². The van der Waals surface area contributed by atoms with E-state index in [0.29, 0.717) is 10.1 Å². The van der Waals surface area contributed by atoms with Gasteiger partial charge in [0.2, 0.25) is 0 Å². The van der Waals surface area contributed by atoms with E-state index in [9.17, 15) is 0 Å². The monoisotopic (exact) mass is 200 g/mol. The average molecular weight is 200 g/mol. The molecule has 0 aromatic heterocycles. The molecular formula is C12H28Si. The van der Waals surface area contributed by atoms with Gasteiger partial charge in [-0.25, -0.2) is 0 Å². The Morgan fingerprint density at radius 3 is 1.31 bits per heavy atom. The molecule has 0 radical (unpaired) electrons. The fraction of sp³-hybridized carbons (Fsp3) is 1.00. The Labute approximate surface area is 86.7 Å². The molecule has 0 rings (SSSR count). The van der Waals surface area contributed by atoms with Crippen LogP contribution in [-0.2, 0) is 0 Å². The minimum absolute atomic E-state index is 0.563. The van der Waals surface area contributed by atoms with Crippen LogP contribution < -0.4 is 0 Å². The van der Waals surface area contributed by atoms with E-state index < -0.39 is 8.80 Å². The Bertz CT molecular complexity index is 133. The standard InChI is InChI=1S/C12H28Si/c1-9-10(2)13(11(3,4)5)12(6,7)8/h10,13H,9H2,1-8H3. The van der Waals surface area contributed by atoms with E-state index in [-0.39, 0.29) is 0 Å². The highest BCUT2D eigenvalue weighted by atomic mass is 28.3. The summed E-state index contributed by atoms with van der Waals surface area (Å²) in [7, 11) is -0.704. The third-order valence-electron chi connectivity index (χ3n) is 3.08. The van der Waals surface area contributed by atoms with Crippen LogP contribution in [0.5, 0.6) is 0 Å². The molecule has 0 aromatic rings. The van der Waals surface area contributed by atoms with Crippen LogP contribution in [0.4, 0.5) is 0 Å². The van der Waals surface area contributed by atoms with Crippen LogP contribution in [0.1, 0.15) is 61.8 Å². The summed E-state index contributed by atoms with van der Waals surface area (Å²) in [4.78, 5) is 0. The lowest BCUT2D eigenvalue weighted by atomic mass is 10.2. The molecule has 0 amide bonds. The Morgan fingerprint density at radius 2 is 1.23 bits per heavy atom. The maximum atomic E-state index is 2.45. The molecule has 0 spiro atoms. The van der Waals surface area contributed by atoms with Crippen molar-refractivity contribution >= 4 is 8.80 Å². The molecule has 1 atom stereocenters. The van der Waals surface area contributed by atoms with E-state index in [1.54, 1.807) is 0 Å². The predicted octanol–water partition coefficient (Wildman–Crippen LogP) is 4.61. The van der Waals surface area contributed by atoms with Gasteiger partial charge in [-0.3, -0.25) is 0 Å². The Hall–Kier alpha value is 0.217. The molecule has 0 nitrogen and oxygen atoms in total. The molecule has 80 valence electrons. The zero-order valence-electron chi connectivity index (χ0n) is 10.9. The lowest BCUT2D eigenvalue weighted by molar-refractivity contribution is 0.607. The Kier molecular flexibility index (Phi) is 4.23. The molecule has 0 bridgehead atoms. The first kappa shape index (κ1) is 13.2. The van der Waals surface area contributed by atoms with Gasteiger partial charge in [0, 0.05) is 0 Å². The average Bonchev–Trinajstić information content (AvgIpc) is 1.80. The van der Waals surface area contributed by atoms with Crippen molar-refractivity contribution in [1.29, 1.82) is 0 Å². The second kappa shape index (κ2) is 4.16. The molecule has 0 aromatic carbocycles. The molecule has 13 heavy (non-hydrogen) atoms. The smallest absolute Gasteiger partial charge is 0.0505 e. The van der Waals surface area contributed by atoms with Gasteiger partial charge in [-0.15, -0.1) is 0 Å². The van der Waals surface area contributed by atoms with Crippen molar-refractivity contribution < 1.29 is 0 Å². The SMILES string of the molecule is CCC(C)[SiH](C(C)(C)C)C(C)(C)C. The first-order valence-corrected chi connectivity index (χ1v) is 7.42. The van der Waals surface area contributed by atoms with Crippen LogP contribution in [0.3, 0.4) is 0 Å². The van der Waals surface area contributed by atoms with Gasteiger partial charge in [-0.1, -0.05) is 67.4 Å². The van der Waals surface area contributed by atoms with Crippen LogP contribution in [0.2, 0.25) is 15.6 Å². The van der Waals surface area contributed by atoms with Crippen LogP contribution in [0.25, 0.3) is 0 Å². The maximum absolute atomic E-state index is 2.45. The molecule has 0 saturated heterocycles. The number of rotatable bonds is 2. The zero-order valence-corrected chi connectivity index (χ0v) is 12.0. The van der Waals surface area contributed by atoms with E-state index in [1.165, 1.54) is 6.42 Å². The van der Waals surface area contributed by atoms with Crippen LogP contribution in [0, 0.1) is 0 Å². The van der Waals surface area contributed by atoms with Gasteiger partial charge >= 0.3 is 0 Å². The predicted molar refractivity (Wildman–Crippen MR) is 66.3 cm³/mol. The van der Waals surface area contributed by atoms with Gasteiger partial charge in [0.15, 0.2) is 0 Å². The lowest BCUT2D eigenvalue weighted by Gasteiger charge is -2.43. The molecule has 0 N–H and O–H groups in total. The minimum Gasteiger partial charge on any atom is -0.0654 e. The van der Waals surface area contributed by atoms with Gasteiger partial charge < -0.3 is 0 Å². The van der Waals surface area contributed by atoms with Crippen molar-refractivity contribution in [3.05, 3.63) is 0 Å². The van der Waals surface area contributed by atoms with E-state index in [1.807, 2.05) is 0 Å². The summed E-state index contributed by atoms with van der Waals surface area (Å²) < 4.78 is 0. The molecule has 0 aliphatic heterocycles. The molecule has 0 aliphatic rings. The molecule has 0 saturated carbocycles. The fourth-order valence-electron chi connectivity index (χ4n) is 3.24. The van der Waals surface area contributed by atoms with Gasteiger partial charge in [0.25, 0.3) is 0 Å². The second-order valence-electron chi connectivity index (χ2n) is 6.60. The van der Waals surface area contributed by atoms with Gasteiger partial charge in [0.1, 0.15) is 0 Å². The molecule has 1 unspecified atom stereocenters. The van der Waals surface area contributed by atoms with Crippen molar-refractivity contribution in [1.82, 2.24) is 0 Å². The van der Waals surface area contributed by atoms with Crippen molar-refractivity contribution in [3.63, 3.8) is 0 Å². The third-order valence-corrected chi connectivity index (χ3v) is 8.42. The molecule has 0 aliphatic carbocycles. The largest absolute Gasteiger partial charge is 0.0654 e. The van der Waals surface area contributed by atoms with E-state index >= 15 is 0 Å². The van der Waals surface area contributed by atoms with Crippen molar-refractivity contribution in [2.75, 3.05) is 0 Å². The molecular weight excluding hydrogens is 172 g/mol. The first-order valence-electron chi connectivity index (χ1n) is 5.60. The molecule has 0 fully saturated rings. The third kappa shape index (κ3) is 3.84. The quantitative estimate of drug-likeness (QED) is 0.571. The van der Waals surface area contributed by atoms with Gasteiger partial charge in [0.05, 0.1) is 8.80 Å². The van der Waals surface area contributed by atoms with Gasteiger partial charge in [-0.05, 0) is 10.1 Å². The highest BCUT2D eigenvalue weighted by Crippen LogP contribution is 2.48. The Balaban J connectivity index is 4.78. The summed E-state index contributed by atoms with van der Waals surface area (Å²) in [6.45, 7) is 19.4. The minimum atomic E-state index is -0.704. The van der Waals surface area contributed by atoms with E-state index in [4.69, 9.17) is 0 Å². The van der Waals surface area contributed by atoms with Crippen molar-refractivity contribution in [2.24, 2.45) is 0 Å². The summed E-state index contributed by atoms with van der Waals surface area (Å²) in [6, 6.07) is 0. The topological polar surface area (TPSA) is 0 Å². The lowest BCUT2D eigenvalue weighted by Crippen LogP contribution is -2.38. The summed E-state index contributed by atoms with van der Waals surface area (Å²) >= 11 is 0. The summed E-state index contributed by atoms with van der Waals surface area (Å²) in [6.07, 6.45) is 1.35. The first-order chi connectivity index (χ1) is 5.60. The summed E-state index contributed by atoms with van der Waals surface area (Å²) in [5.74, 6) is 0. The molecule has 1 heteroatoms. The maximum Gasteiger partial charge on any atom is 0.0505 e. The van der Waals surface area contributed by atoms with Crippen molar-refractivity contribution in [3.8, 4) is 0 Å². The number of hydrogen-bond acceptors (Lipinski definition) is 0. The van der Waals surface area contributed by atoms with E-state index in [2.05, 4.69) is 55.4 Å². The van der Waals surface area contributed by atoms with Gasteiger partial charge in [-0.2, -0.15) is 0 Å². The highest BCUT2D eigenvalue weighted by molar-refractivity contribution is 6.66. The molecule has 0 heterocycles. The zero-order chi connectivity index (χ0) is 10.9. The Morgan fingerprint density at radius 1 is 0.923 bits per heavy atom. The fourth-order valence-corrected chi connectivity index (χ4v) is 9.73. The number of hydrogen-bond donors (Lipinski definition) is 0. The highest BCUT2D eigenvalue weighted by Gasteiger charge is 2.39. The van der Waals surface area contributed by atoms with Crippen LogP contribution >= 0.6 is 0 Å². The van der Waals surface area contributed by atoms with Crippen LogP contribution in [-0.4, -0.2) is 8.80 Å². The summed E-state index contributed by atoms with van der Waals surface area (Å²) in [5, 5.41) is 1.13. The normalized spacial score (nSPS) is 16.4.